The van der Waals surface area contributed by atoms with E-state index in [4.69, 9.17) is 10.8 Å². The quantitative estimate of drug-likeness (QED) is 0.788. The predicted octanol–water partition coefficient (Wildman–Crippen LogP) is 2.16. The van der Waals surface area contributed by atoms with Gasteiger partial charge in [-0.15, -0.1) is 0 Å². The van der Waals surface area contributed by atoms with Crippen LogP contribution in [0.15, 0.2) is 24.3 Å². The molecule has 0 heterocycles. The molecule has 18 heavy (non-hydrogen) atoms. The van der Waals surface area contributed by atoms with E-state index in [-0.39, 0.29) is 25.7 Å². The molecule has 1 atom stereocenters. The van der Waals surface area contributed by atoms with E-state index in [0.717, 1.165) is 12.0 Å². The fraction of sp³-hybridized carbons (Fsp3) is 0.538. The van der Waals surface area contributed by atoms with Gasteiger partial charge in [-0.25, -0.2) is 8.78 Å². The Hall–Kier alpha value is -1.20. The van der Waals surface area contributed by atoms with E-state index in [1.807, 2.05) is 19.1 Å². The molecule has 0 amide bonds. The summed E-state index contributed by atoms with van der Waals surface area (Å²) in [4.78, 5) is 1.46. The van der Waals surface area contributed by atoms with Crippen LogP contribution in [0.2, 0.25) is 0 Å². The highest BCUT2D eigenvalue weighted by Gasteiger charge is 2.12. The van der Waals surface area contributed by atoms with E-state index in [1.165, 1.54) is 4.90 Å². The third kappa shape index (κ3) is 4.23. The monoisotopic (exact) mass is 258 g/mol. The summed E-state index contributed by atoms with van der Waals surface area (Å²) >= 11 is 0. The SMILES string of the molecule is CC[C@@H](N)c1ccc(N(CCO)CC(F)F)cc1. The maximum atomic E-state index is 12.4. The van der Waals surface area contributed by atoms with Crippen LogP contribution in [-0.2, 0) is 0 Å². The lowest BCUT2D eigenvalue weighted by Gasteiger charge is -2.24. The van der Waals surface area contributed by atoms with E-state index in [2.05, 4.69) is 0 Å². The molecule has 0 unspecified atom stereocenters. The number of nitrogens with two attached hydrogens (primary N) is 1. The number of halogens is 2. The number of aliphatic hydroxyl groups is 1. The third-order valence-corrected chi connectivity index (χ3v) is 2.85. The van der Waals surface area contributed by atoms with Crippen LogP contribution in [0.1, 0.15) is 24.9 Å². The van der Waals surface area contributed by atoms with Gasteiger partial charge >= 0.3 is 0 Å². The smallest absolute Gasteiger partial charge is 0.255 e. The number of hydrogen-bond acceptors (Lipinski definition) is 3. The molecule has 3 N–H and O–H groups in total. The van der Waals surface area contributed by atoms with Crippen molar-refractivity contribution in [1.82, 2.24) is 0 Å². The highest BCUT2D eigenvalue weighted by Crippen LogP contribution is 2.20. The Morgan fingerprint density at radius 3 is 2.33 bits per heavy atom. The van der Waals surface area contributed by atoms with Crippen LogP contribution in [0.5, 0.6) is 0 Å². The van der Waals surface area contributed by atoms with Crippen molar-refractivity contribution in [3.05, 3.63) is 29.8 Å². The Bertz CT molecular complexity index is 343. The molecule has 1 rings (SSSR count). The lowest BCUT2D eigenvalue weighted by atomic mass is 10.1. The van der Waals surface area contributed by atoms with Gasteiger partial charge in [-0.3, -0.25) is 0 Å². The molecule has 0 aliphatic rings. The highest BCUT2D eigenvalue weighted by molar-refractivity contribution is 5.48. The largest absolute Gasteiger partial charge is 0.395 e. The first-order chi connectivity index (χ1) is 8.58. The van der Waals surface area contributed by atoms with E-state index in [1.54, 1.807) is 12.1 Å². The molecule has 0 saturated carbocycles. The lowest BCUT2D eigenvalue weighted by molar-refractivity contribution is 0.153. The van der Waals surface area contributed by atoms with Gasteiger partial charge in [0.25, 0.3) is 6.43 Å². The topological polar surface area (TPSA) is 49.5 Å². The van der Waals surface area contributed by atoms with E-state index >= 15 is 0 Å². The summed E-state index contributed by atoms with van der Waals surface area (Å²) in [6.45, 7) is 1.67. The van der Waals surface area contributed by atoms with Gasteiger partial charge in [0.05, 0.1) is 13.2 Å². The van der Waals surface area contributed by atoms with Crippen molar-refractivity contribution in [3.8, 4) is 0 Å². The Labute approximate surface area is 106 Å². The van der Waals surface area contributed by atoms with Gasteiger partial charge in [0.1, 0.15) is 0 Å². The number of aliphatic hydroxyl groups excluding tert-OH is 1. The van der Waals surface area contributed by atoms with Crippen LogP contribution >= 0.6 is 0 Å². The third-order valence-electron chi connectivity index (χ3n) is 2.85. The molecule has 0 saturated heterocycles. The molecule has 5 heteroatoms. The van der Waals surface area contributed by atoms with Crippen molar-refractivity contribution < 1.29 is 13.9 Å². The average Bonchev–Trinajstić information content (AvgIpc) is 2.37. The Morgan fingerprint density at radius 2 is 1.89 bits per heavy atom. The average molecular weight is 258 g/mol. The maximum absolute atomic E-state index is 12.4. The number of benzene rings is 1. The van der Waals surface area contributed by atoms with Gasteiger partial charge < -0.3 is 15.7 Å². The second-order valence-corrected chi connectivity index (χ2v) is 4.17. The molecule has 0 bridgehead atoms. The van der Waals surface area contributed by atoms with Crippen LogP contribution < -0.4 is 10.6 Å². The van der Waals surface area contributed by atoms with Crippen LogP contribution in [0.25, 0.3) is 0 Å². The summed E-state index contributed by atoms with van der Waals surface area (Å²) in [5.74, 6) is 0. The Balaban J connectivity index is 2.79. The number of rotatable bonds is 7. The molecule has 0 fully saturated rings. The first kappa shape index (κ1) is 14.9. The van der Waals surface area contributed by atoms with Gasteiger partial charge in [0.15, 0.2) is 0 Å². The highest BCUT2D eigenvalue weighted by atomic mass is 19.3. The number of hydrogen-bond donors (Lipinski definition) is 2. The zero-order valence-corrected chi connectivity index (χ0v) is 10.5. The second kappa shape index (κ2) is 7.28. The molecular weight excluding hydrogens is 238 g/mol. The summed E-state index contributed by atoms with van der Waals surface area (Å²) in [7, 11) is 0. The van der Waals surface area contributed by atoms with E-state index in [0.29, 0.717) is 5.69 Å². The zero-order valence-electron chi connectivity index (χ0n) is 10.5. The number of anilines is 1. The Kier molecular flexibility index (Phi) is 6.01. The molecule has 3 nitrogen and oxygen atoms in total. The van der Waals surface area contributed by atoms with Gasteiger partial charge in [-0.2, -0.15) is 0 Å². The Morgan fingerprint density at radius 1 is 1.28 bits per heavy atom. The van der Waals surface area contributed by atoms with Gasteiger partial charge in [-0.05, 0) is 24.1 Å². The fourth-order valence-corrected chi connectivity index (χ4v) is 1.78. The van der Waals surface area contributed by atoms with Crippen LogP contribution in [0.3, 0.4) is 0 Å². The lowest BCUT2D eigenvalue weighted by Crippen LogP contribution is -2.31. The van der Waals surface area contributed by atoms with E-state index < -0.39 is 6.43 Å². The summed E-state index contributed by atoms with van der Waals surface area (Å²) in [6.07, 6.45) is -1.59. The van der Waals surface area contributed by atoms with Gasteiger partial charge in [0.2, 0.25) is 0 Å². The maximum Gasteiger partial charge on any atom is 0.255 e. The van der Waals surface area contributed by atoms with Crippen molar-refractivity contribution >= 4 is 5.69 Å². The molecular formula is C13H20F2N2O. The van der Waals surface area contributed by atoms with Gasteiger partial charge in [0, 0.05) is 18.3 Å². The van der Waals surface area contributed by atoms with Crippen LogP contribution in [0.4, 0.5) is 14.5 Å². The molecule has 1 aromatic carbocycles. The van der Waals surface area contributed by atoms with Crippen molar-refractivity contribution in [2.75, 3.05) is 24.6 Å². The van der Waals surface area contributed by atoms with Crippen molar-refractivity contribution in [3.63, 3.8) is 0 Å². The van der Waals surface area contributed by atoms with Crippen molar-refractivity contribution in [1.29, 1.82) is 0 Å². The summed E-state index contributed by atoms with van der Waals surface area (Å²) in [5.41, 5.74) is 7.55. The standard InChI is InChI=1S/C13H20F2N2O/c1-2-12(16)10-3-5-11(6-4-10)17(7-8-18)9-13(14)15/h3-6,12-13,18H,2,7-9,16H2,1H3/t12-/m1/s1. The molecule has 0 spiro atoms. The normalized spacial score (nSPS) is 12.8. The number of nitrogens with zero attached hydrogens (tertiary/aromatic N) is 1. The minimum absolute atomic E-state index is 0.0274. The van der Waals surface area contributed by atoms with Crippen molar-refractivity contribution in [2.45, 2.75) is 25.8 Å². The molecule has 0 radical (unpaired) electrons. The molecule has 0 aliphatic carbocycles. The zero-order chi connectivity index (χ0) is 13.5. The summed E-state index contributed by atoms with van der Waals surface area (Å²) in [6, 6.07) is 7.20. The van der Waals surface area contributed by atoms with E-state index in [9.17, 15) is 8.78 Å². The fourth-order valence-electron chi connectivity index (χ4n) is 1.78. The first-order valence-electron chi connectivity index (χ1n) is 6.08. The number of alkyl halides is 2. The summed E-state index contributed by atoms with van der Waals surface area (Å²) in [5, 5.41) is 8.89. The molecule has 1 aromatic rings. The molecule has 0 aromatic heterocycles. The van der Waals surface area contributed by atoms with Crippen LogP contribution in [-0.4, -0.2) is 31.2 Å². The second-order valence-electron chi connectivity index (χ2n) is 4.17. The summed E-state index contributed by atoms with van der Waals surface area (Å²) < 4.78 is 24.8. The minimum atomic E-state index is -2.42. The first-order valence-corrected chi connectivity index (χ1v) is 6.08. The van der Waals surface area contributed by atoms with Gasteiger partial charge in [-0.1, -0.05) is 19.1 Å². The minimum Gasteiger partial charge on any atom is -0.395 e. The predicted molar refractivity (Wildman–Crippen MR) is 69.0 cm³/mol. The molecule has 0 aliphatic heterocycles. The molecule has 102 valence electrons. The van der Waals surface area contributed by atoms with Crippen molar-refractivity contribution in [2.24, 2.45) is 5.73 Å². The van der Waals surface area contributed by atoms with Crippen LogP contribution in [0, 0.1) is 0 Å².